The van der Waals surface area contributed by atoms with E-state index in [2.05, 4.69) is 0 Å². The molecular weight excluding hydrogens is 236 g/mol. The molecule has 2 aromatic rings. The summed E-state index contributed by atoms with van der Waals surface area (Å²) in [4.78, 5) is 13.2. The maximum absolute atomic E-state index is 12.1. The molecule has 86 valence electrons. The van der Waals surface area contributed by atoms with Gasteiger partial charge < -0.3 is 9.15 Å². The lowest BCUT2D eigenvalue weighted by Gasteiger charge is -2.23. The van der Waals surface area contributed by atoms with Crippen molar-refractivity contribution in [3.05, 3.63) is 48.4 Å². The zero-order chi connectivity index (χ0) is 11.7. The number of rotatable bonds is 2. The molecule has 1 aliphatic heterocycles. The lowest BCUT2D eigenvalue weighted by Crippen LogP contribution is -2.32. The summed E-state index contributed by atoms with van der Waals surface area (Å²) in [5, 5.41) is 0. The first kappa shape index (κ1) is 10.5. The molecule has 0 aliphatic carbocycles. The first-order valence-electron chi connectivity index (χ1n) is 5.29. The first-order valence-corrected chi connectivity index (χ1v) is 6.28. The van der Waals surface area contributed by atoms with Crippen molar-refractivity contribution in [2.45, 2.75) is 11.0 Å². The molecule has 0 saturated carbocycles. The van der Waals surface area contributed by atoms with Crippen LogP contribution in [-0.4, -0.2) is 17.6 Å². The molecule has 3 rings (SSSR count). The van der Waals surface area contributed by atoms with Crippen LogP contribution in [0.25, 0.3) is 0 Å². The summed E-state index contributed by atoms with van der Waals surface area (Å²) in [5.74, 6) is 1.40. The third-order valence-corrected chi connectivity index (χ3v) is 3.72. The van der Waals surface area contributed by atoms with Gasteiger partial charge in [0.25, 0.3) is 0 Å². The Balaban J connectivity index is 1.83. The standard InChI is InChI=1S/C13H10O3S/c14-13(9-5-6-15-7-9)11-8-17-12-4-2-1-3-10(12)16-11/h1-7,11H,8H2. The quantitative estimate of drug-likeness (QED) is 0.764. The molecule has 1 aliphatic rings. The molecule has 1 atom stereocenters. The van der Waals surface area contributed by atoms with E-state index in [0.717, 1.165) is 10.6 Å². The number of carbonyl (C=O) groups excluding carboxylic acids is 1. The van der Waals surface area contributed by atoms with E-state index in [0.29, 0.717) is 11.3 Å². The van der Waals surface area contributed by atoms with Crippen LogP contribution in [0.1, 0.15) is 10.4 Å². The highest BCUT2D eigenvalue weighted by molar-refractivity contribution is 7.99. The number of fused-ring (bicyclic) bond motifs is 1. The van der Waals surface area contributed by atoms with Crippen LogP contribution in [0.15, 0.2) is 52.2 Å². The summed E-state index contributed by atoms with van der Waals surface area (Å²) in [6.45, 7) is 0. The molecule has 0 fully saturated rings. The van der Waals surface area contributed by atoms with E-state index in [9.17, 15) is 4.79 Å². The van der Waals surface area contributed by atoms with Gasteiger partial charge in [0.15, 0.2) is 6.10 Å². The van der Waals surface area contributed by atoms with Gasteiger partial charge in [-0.15, -0.1) is 11.8 Å². The van der Waals surface area contributed by atoms with Gasteiger partial charge in [-0.1, -0.05) is 12.1 Å². The lowest BCUT2D eigenvalue weighted by atomic mass is 10.1. The molecule has 4 heteroatoms. The highest BCUT2D eigenvalue weighted by Gasteiger charge is 2.27. The van der Waals surface area contributed by atoms with Crippen LogP contribution in [0, 0.1) is 0 Å². The maximum atomic E-state index is 12.1. The monoisotopic (exact) mass is 246 g/mol. The van der Waals surface area contributed by atoms with Gasteiger partial charge in [-0.25, -0.2) is 0 Å². The fourth-order valence-corrected chi connectivity index (χ4v) is 2.72. The average molecular weight is 246 g/mol. The second kappa shape index (κ2) is 4.30. The Bertz CT molecular complexity index is 533. The zero-order valence-corrected chi connectivity index (χ0v) is 9.78. The highest BCUT2D eigenvalue weighted by Crippen LogP contribution is 2.35. The summed E-state index contributed by atoms with van der Waals surface area (Å²) >= 11 is 1.65. The van der Waals surface area contributed by atoms with E-state index < -0.39 is 6.10 Å². The second-order valence-electron chi connectivity index (χ2n) is 3.74. The molecule has 0 N–H and O–H groups in total. The third-order valence-electron chi connectivity index (χ3n) is 2.61. The minimum Gasteiger partial charge on any atom is -0.480 e. The normalized spacial score (nSPS) is 18.2. The Kier molecular flexibility index (Phi) is 2.65. The molecule has 0 saturated heterocycles. The number of furan rings is 1. The molecule has 1 aromatic carbocycles. The zero-order valence-electron chi connectivity index (χ0n) is 8.96. The predicted octanol–water partition coefficient (Wildman–Crippen LogP) is 3.02. The minimum atomic E-state index is -0.424. The van der Waals surface area contributed by atoms with E-state index in [-0.39, 0.29) is 5.78 Å². The van der Waals surface area contributed by atoms with Crippen molar-refractivity contribution >= 4 is 17.5 Å². The molecule has 2 heterocycles. The number of benzene rings is 1. The predicted molar refractivity (Wildman–Crippen MR) is 64.6 cm³/mol. The summed E-state index contributed by atoms with van der Waals surface area (Å²) in [5.41, 5.74) is 0.565. The topological polar surface area (TPSA) is 39.4 Å². The van der Waals surface area contributed by atoms with Gasteiger partial charge in [0.2, 0.25) is 5.78 Å². The van der Waals surface area contributed by atoms with Crippen LogP contribution in [0.4, 0.5) is 0 Å². The molecule has 0 radical (unpaired) electrons. The fourth-order valence-electron chi connectivity index (χ4n) is 1.74. The Hall–Kier alpha value is -1.68. The van der Waals surface area contributed by atoms with Crippen molar-refractivity contribution in [3.63, 3.8) is 0 Å². The number of Topliss-reactive ketones (excluding diaryl/α,β-unsaturated/α-hetero) is 1. The van der Waals surface area contributed by atoms with Crippen molar-refractivity contribution in [3.8, 4) is 5.75 Å². The summed E-state index contributed by atoms with van der Waals surface area (Å²) < 4.78 is 10.6. The van der Waals surface area contributed by atoms with Gasteiger partial charge in [-0.05, 0) is 18.2 Å². The summed E-state index contributed by atoms with van der Waals surface area (Å²) in [6, 6.07) is 9.42. The number of ketones is 1. The van der Waals surface area contributed by atoms with Crippen molar-refractivity contribution < 1.29 is 13.9 Å². The smallest absolute Gasteiger partial charge is 0.207 e. The molecule has 1 aromatic heterocycles. The molecule has 3 nitrogen and oxygen atoms in total. The molecule has 0 bridgehead atoms. The van der Waals surface area contributed by atoms with Crippen LogP contribution in [0.2, 0.25) is 0 Å². The fraction of sp³-hybridized carbons (Fsp3) is 0.154. The van der Waals surface area contributed by atoms with Crippen LogP contribution >= 0.6 is 11.8 Å². The first-order chi connectivity index (χ1) is 8.34. The van der Waals surface area contributed by atoms with Crippen LogP contribution in [0.5, 0.6) is 5.75 Å². The Morgan fingerprint density at radius 2 is 2.18 bits per heavy atom. The van der Waals surface area contributed by atoms with Gasteiger partial charge >= 0.3 is 0 Å². The SMILES string of the molecule is O=C(c1ccoc1)C1CSc2ccccc2O1. The van der Waals surface area contributed by atoms with Crippen molar-refractivity contribution in [2.75, 3.05) is 5.75 Å². The van der Waals surface area contributed by atoms with E-state index in [1.54, 1.807) is 17.8 Å². The van der Waals surface area contributed by atoms with Crippen molar-refractivity contribution in [1.82, 2.24) is 0 Å². The Labute approximate surface area is 103 Å². The van der Waals surface area contributed by atoms with E-state index in [1.807, 2.05) is 24.3 Å². The van der Waals surface area contributed by atoms with Gasteiger partial charge in [0, 0.05) is 10.6 Å². The van der Waals surface area contributed by atoms with Gasteiger partial charge in [-0.2, -0.15) is 0 Å². The number of carbonyl (C=O) groups is 1. The molecule has 1 unspecified atom stereocenters. The van der Waals surface area contributed by atoms with Crippen LogP contribution < -0.4 is 4.74 Å². The number of ether oxygens (including phenoxy) is 1. The van der Waals surface area contributed by atoms with Gasteiger partial charge in [0.05, 0.1) is 11.8 Å². The molecule has 0 spiro atoms. The Morgan fingerprint density at radius 3 is 3.00 bits per heavy atom. The highest BCUT2D eigenvalue weighted by atomic mass is 32.2. The molecule has 17 heavy (non-hydrogen) atoms. The minimum absolute atomic E-state index is 0.0271. The van der Waals surface area contributed by atoms with Crippen LogP contribution in [-0.2, 0) is 0 Å². The number of para-hydroxylation sites is 1. The second-order valence-corrected chi connectivity index (χ2v) is 4.80. The number of hydrogen-bond donors (Lipinski definition) is 0. The van der Waals surface area contributed by atoms with E-state index in [4.69, 9.17) is 9.15 Å². The largest absolute Gasteiger partial charge is 0.480 e. The lowest BCUT2D eigenvalue weighted by molar-refractivity contribution is 0.0814. The summed E-state index contributed by atoms with van der Waals surface area (Å²) in [6.07, 6.45) is 2.53. The Morgan fingerprint density at radius 1 is 1.29 bits per heavy atom. The van der Waals surface area contributed by atoms with Crippen LogP contribution in [0.3, 0.4) is 0 Å². The number of thioether (sulfide) groups is 1. The van der Waals surface area contributed by atoms with Gasteiger partial charge in [0.1, 0.15) is 12.0 Å². The van der Waals surface area contributed by atoms with Gasteiger partial charge in [-0.3, -0.25) is 4.79 Å². The number of hydrogen-bond acceptors (Lipinski definition) is 4. The molecule has 0 amide bonds. The third kappa shape index (κ3) is 1.96. The van der Waals surface area contributed by atoms with E-state index >= 15 is 0 Å². The van der Waals surface area contributed by atoms with E-state index in [1.165, 1.54) is 12.5 Å². The van der Waals surface area contributed by atoms with Crippen molar-refractivity contribution in [2.24, 2.45) is 0 Å². The molecular formula is C13H10O3S. The maximum Gasteiger partial charge on any atom is 0.207 e. The summed E-state index contributed by atoms with van der Waals surface area (Å²) in [7, 11) is 0. The van der Waals surface area contributed by atoms with Crippen molar-refractivity contribution in [1.29, 1.82) is 0 Å². The average Bonchev–Trinajstić information content (AvgIpc) is 2.91.